The van der Waals surface area contributed by atoms with Crippen LogP contribution in [0.4, 0.5) is 0 Å². The van der Waals surface area contributed by atoms with E-state index in [1.54, 1.807) is 0 Å². The molecule has 0 aliphatic carbocycles. The van der Waals surface area contributed by atoms with Crippen LogP contribution in [0.3, 0.4) is 0 Å². The molecule has 0 fully saturated rings. The Bertz CT molecular complexity index is 1130. The third-order valence-corrected chi connectivity index (χ3v) is 5.91. The monoisotopic (exact) mass is 401 g/mol. The van der Waals surface area contributed by atoms with Crippen molar-refractivity contribution in [3.8, 4) is 11.1 Å². The lowest BCUT2D eigenvalue weighted by Crippen LogP contribution is -2.21. The van der Waals surface area contributed by atoms with Crippen LogP contribution in [0.25, 0.3) is 16.8 Å². The third-order valence-electron chi connectivity index (χ3n) is 5.91. The van der Waals surface area contributed by atoms with E-state index >= 15 is 0 Å². The van der Waals surface area contributed by atoms with Gasteiger partial charge in [0.2, 0.25) is 0 Å². The van der Waals surface area contributed by atoms with E-state index in [1.807, 2.05) is 0 Å². The molecule has 0 radical (unpaired) electrons. The van der Waals surface area contributed by atoms with Gasteiger partial charge in [-0.2, -0.15) is 0 Å². The first-order valence-corrected chi connectivity index (χ1v) is 10.6. The highest BCUT2D eigenvalue weighted by Crippen LogP contribution is 2.36. The standard InChI is InChI=1S/C30H27N/c1-23-14-16-24(17-15-23)25-18-20-26(21-19-25)29(31-3)22-30(2,27-10-6-4-7-11-27)28-12-8-5-9-13-28/h4-22H,3H2,1-2H3/b29-22-. The lowest BCUT2D eigenvalue weighted by atomic mass is 9.75. The molecule has 4 aromatic carbocycles. The van der Waals surface area contributed by atoms with Gasteiger partial charge in [-0.05, 0) is 54.5 Å². The highest BCUT2D eigenvalue weighted by molar-refractivity contribution is 5.73. The first-order valence-electron chi connectivity index (χ1n) is 10.6. The number of benzene rings is 4. The number of aliphatic imine (C=N–C) groups is 1. The van der Waals surface area contributed by atoms with Gasteiger partial charge >= 0.3 is 0 Å². The van der Waals surface area contributed by atoms with E-state index in [0.717, 1.165) is 11.3 Å². The molecule has 0 saturated heterocycles. The molecule has 1 nitrogen and oxygen atoms in total. The number of nitrogens with zero attached hydrogens (tertiary/aromatic N) is 1. The summed E-state index contributed by atoms with van der Waals surface area (Å²) in [6.45, 7) is 8.23. The Morgan fingerprint density at radius 1 is 0.677 bits per heavy atom. The van der Waals surface area contributed by atoms with Crippen molar-refractivity contribution in [2.75, 3.05) is 0 Å². The first-order chi connectivity index (χ1) is 15.1. The van der Waals surface area contributed by atoms with E-state index in [1.165, 1.54) is 27.8 Å². The molecule has 4 rings (SSSR count). The molecule has 0 N–H and O–H groups in total. The number of hydrogen-bond acceptors (Lipinski definition) is 1. The van der Waals surface area contributed by atoms with E-state index in [-0.39, 0.29) is 5.41 Å². The second kappa shape index (κ2) is 8.97. The predicted molar refractivity (Wildman–Crippen MR) is 133 cm³/mol. The molecule has 0 aliphatic heterocycles. The SMILES string of the molecule is C=N/C(=C\C(C)(c1ccccc1)c1ccccc1)c1ccc(-c2ccc(C)cc2)cc1. The van der Waals surface area contributed by atoms with E-state index < -0.39 is 0 Å². The normalized spacial score (nSPS) is 11.9. The summed E-state index contributed by atoms with van der Waals surface area (Å²) < 4.78 is 0. The molecule has 152 valence electrons. The molecule has 0 bridgehead atoms. The van der Waals surface area contributed by atoms with Gasteiger partial charge in [-0.1, -0.05) is 115 Å². The Labute approximate surface area is 185 Å². The Balaban J connectivity index is 1.76. The molecule has 0 heterocycles. The van der Waals surface area contributed by atoms with E-state index in [9.17, 15) is 0 Å². The molecular formula is C30H27N. The fraction of sp³-hybridized carbons (Fsp3) is 0.100. The first kappa shape index (κ1) is 20.6. The molecular weight excluding hydrogens is 374 g/mol. The van der Waals surface area contributed by atoms with Gasteiger partial charge in [-0.25, -0.2) is 0 Å². The van der Waals surface area contributed by atoms with Gasteiger partial charge in [0.05, 0.1) is 5.70 Å². The summed E-state index contributed by atoms with van der Waals surface area (Å²) in [6.07, 6.45) is 2.23. The number of rotatable bonds is 6. The minimum atomic E-state index is -0.325. The lowest BCUT2D eigenvalue weighted by Gasteiger charge is -2.28. The fourth-order valence-electron chi connectivity index (χ4n) is 3.98. The average Bonchev–Trinajstić information content (AvgIpc) is 2.84. The molecule has 0 spiro atoms. The lowest BCUT2D eigenvalue weighted by molar-refractivity contribution is 0.724. The fourth-order valence-corrected chi connectivity index (χ4v) is 3.98. The van der Waals surface area contributed by atoms with Crippen LogP contribution < -0.4 is 0 Å². The molecule has 0 amide bonds. The van der Waals surface area contributed by atoms with Crippen molar-refractivity contribution < 1.29 is 0 Å². The smallest absolute Gasteiger partial charge is 0.0667 e. The van der Waals surface area contributed by atoms with Gasteiger partial charge < -0.3 is 0 Å². The van der Waals surface area contributed by atoms with Gasteiger partial charge in [-0.15, -0.1) is 0 Å². The van der Waals surface area contributed by atoms with E-state index in [2.05, 4.69) is 141 Å². The maximum atomic E-state index is 4.42. The second-order valence-corrected chi connectivity index (χ2v) is 8.07. The highest BCUT2D eigenvalue weighted by Gasteiger charge is 2.27. The second-order valence-electron chi connectivity index (χ2n) is 8.07. The topological polar surface area (TPSA) is 12.4 Å². The molecule has 1 heteroatoms. The zero-order valence-electron chi connectivity index (χ0n) is 18.1. The number of allylic oxidation sites excluding steroid dienone is 1. The molecule has 0 aliphatic rings. The van der Waals surface area contributed by atoms with Crippen LogP contribution in [0, 0.1) is 6.92 Å². The van der Waals surface area contributed by atoms with Crippen molar-refractivity contribution in [1.29, 1.82) is 0 Å². The average molecular weight is 402 g/mol. The molecule has 0 unspecified atom stereocenters. The zero-order valence-corrected chi connectivity index (χ0v) is 18.1. The maximum Gasteiger partial charge on any atom is 0.0667 e. The van der Waals surface area contributed by atoms with Gasteiger partial charge in [0.25, 0.3) is 0 Å². The van der Waals surface area contributed by atoms with Crippen LogP contribution in [0.2, 0.25) is 0 Å². The largest absolute Gasteiger partial charge is 0.264 e. The number of hydrogen-bond donors (Lipinski definition) is 0. The molecule has 31 heavy (non-hydrogen) atoms. The predicted octanol–water partition coefficient (Wildman–Crippen LogP) is 7.71. The molecule has 0 saturated carbocycles. The van der Waals surface area contributed by atoms with Crippen LogP contribution in [-0.4, -0.2) is 6.72 Å². The third kappa shape index (κ3) is 4.41. The summed E-state index contributed by atoms with van der Waals surface area (Å²) >= 11 is 0. The van der Waals surface area contributed by atoms with Gasteiger partial charge in [-0.3, -0.25) is 4.99 Å². The van der Waals surface area contributed by atoms with Gasteiger partial charge in [0.15, 0.2) is 0 Å². The van der Waals surface area contributed by atoms with Crippen LogP contribution in [0.15, 0.2) is 120 Å². The summed E-state index contributed by atoms with van der Waals surface area (Å²) in [7, 11) is 0. The van der Waals surface area contributed by atoms with Crippen LogP contribution >= 0.6 is 0 Å². The summed E-state index contributed by atoms with van der Waals surface area (Å²) in [5.41, 5.74) is 7.73. The minimum Gasteiger partial charge on any atom is -0.264 e. The Morgan fingerprint density at radius 3 is 1.58 bits per heavy atom. The van der Waals surface area contributed by atoms with Gasteiger partial charge in [0.1, 0.15) is 0 Å². The Hall–Kier alpha value is -3.71. The molecule has 0 atom stereocenters. The Morgan fingerprint density at radius 2 is 1.13 bits per heavy atom. The van der Waals surface area contributed by atoms with Gasteiger partial charge in [0, 0.05) is 5.41 Å². The highest BCUT2D eigenvalue weighted by atomic mass is 14.7. The van der Waals surface area contributed by atoms with E-state index in [4.69, 9.17) is 0 Å². The summed E-state index contributed by atoms with van der Waals surface area (Å²) in [6, 6.07) is 38.3. The summed E-state index contributed by atoms with van der Waals surface area (Å²) in [5.74, 6) is 0. The molecule has 0 aromatic heterocycles. The van der Waals surface area contributed by atoms with Crippen molar-refractivity contribution in [2.45, 2.75) is 19.3 Å². The summed E-state index contributed by atoms with van der Waals surface area (Å²) in [5, 5.41) is 0. The maximum absolute atomic E-state index is 4.42. The van der Waals surface area contributed by atoms with Crippen LogP contribution in [-0.2, 0) is 5.41 Å². The minimum absolute atomic E-state index is 0.325. The van der Waals surface area contributed by atoms with Crippen LogP contribution in [0.5, 0.6) is 0 Å². The quantitative estimate of drug-likeness (QED) is 0.293. The molecule has 4 aromatic rings. The van der Waals surface area contributed by atoms with Crippen molar-refractivity contribution >= 4 is 12.4 Å². The van der Waals surface area contributed by atoms with E-state index in [0.29, 0.717) is 0 Å². The van der Waals surface area contributed by atoms with Crippen molar-refractivity contribution in [3.05, 3.63) is 138 Å². The van der Waals surface area contributed by atoms with Crippen molar-refractivity contribution in [3.63, 3.8) is 0 Å². The van der Waals surface area contributed by atoms with Crippen molar-refractivity contribution in [2.24, 2.45) is 4.99 Å². The Kier molecular flexibility index (Phi) is 5.95. The van der Waals surface area contributed by atoms with Crippen LogP contribution in [0.1, 0.15) is 29.2 Å². The zero-order chi connectivity index (χ0) is 21.7. The van der Waals surface area contributed by atoms with Crippen molar-refractivity contribution in [1.82, 2.24) is 0 Å². The number of aryl methyl sites for hydroxylation is 1. The summed E-state index contributed by atoms with van der Waals surface area (Å²) in [4.78, 5) is 4.42.